The highest BCUT2D eigenvalue weighted by molar-refractivity contribution is 5.20. The lowest BCUT2D eigenvalue weighted by atomic mass is 9.89. The molecule has 0 saturated carbocycles. The molecule has 2 aromatic rings. The molecular weight excluding hydrogens is 214 g/mol. The van der Waals surface area contributed by atoms with Crippen LogP contribution in [0.25, 0.3) is 0 Å². The first kappa shape index (κ1) is 10.3. The molecule has 5 nitrogen and oxygen atoms in total. The second-order valence-corrected chi connectivity index (χ2v) is 4.60. The molecule has 2 atom stereocenters. The van der Waals surface area contributed by atoms with E-state index in [4.69, 9.17) is 5.73 Å². The molecule has 5 heteroatoms. The maximum absolute atomic E-state index is 5.65. The number of nitrogen functional groups attached to an aromatic ring is 1. The maximum atomic E-state index is 5.65. The van der Waals surface area contributed by atoms with E-state index in [1.54, 1.807) is 0 Å². The highest BCUT2D eigenvalue weighted by Gasteiger charge is 2.28. The first-order valence-electron chi connectivity index (χ1n) is 5.85. The zero-order valence-electron chi connectivity index (χ0n) is 9.74. The Labute approximate surface area is 99.7 Å². The molecule has 0 aromatic carbocycles. The topological polar surface area (TPSA) is 69.6 Å². The molecule has 0 radical (unpaired) electrons. The molecule has 0 spiro atoms. The highest BCUT2D eigenvalue weighted by Crippen LogP contribution is 2.34. The van der Waals surface area contributed by atoms with Crippen LogP contribution in [0.4, 0.5) is 5.95 Å². The quantitative estimate of drug-likeness (QED) is 0.805. The maximum Gasteiger partial charge on any atom is 0.239 e. The Hall–Kier alpha value is -1.91. The third-order valence-electron chi connectivity index (χ3n) is 3.29. The van der Waals surface area contributed by atoms with Crippen LogP contribution in [0.3, 0.4) is 0 Å². The van der Waals surface area contributed by atoms with Crippen LogP contribution in [0.5, 0.6) is 0 Å². The number of pyridine rings is 1. The zero-order valence-corrected chi connectivity index (χ0v) is 9.74. The molecule has 2 N–H and O–H groups in total. The monoisotopic (exact) mass is 229 g/mol. The van der Waals surface area contributed by atoms with Gasteiger partial charge in [0.1, 0.15) is 5.82 Å². The summed E-state index contributed by atoms with van der Waals surface area (Å²) in [5.41, 5.74) is 6.77. The molecule has 0 fully saturated rings. The summed E-state index contributed by atoms with van der Waals surface area (Å²) in [7, 11) is 0. The Bertz CT molecular complexity index is 519. The summed E-state index contributed by atoms with van der Waals surface area (Å²) in [6, 6.07) is 6.04. The van der Waals surface area contributed by atoms with E-state index < -0.39 is 0 Å². The third-order valence-corrected chi connectivity index (χ3v) is 3.29. The standard InChI is InChI=1S/C12H15N5/c1-8-6-9(10-4-2-3-5-14-10)7-17-11(8)15-12(13)16-17/h2-5,8-9H,6-7H2,1H3,(H2,13,16). The molecule has 88 valence electrons. The number of hydrogen-bond donors (Lipinski definition) is 1. The second kappa shape index (κ2) is 3.84. The summed E-state index contributed by atoms with van der Waals surface area (Å²) >= 11 is 0. The lowest BCUT2D eigenvalue weighted by Gasteiger charge is -2.26. The van der Waals surface area contributed by atoms with Gasteiger partial charge in [-0.05, 0) is 18.6 Å². The fourth-order valence-electron chi connectivity index (χ4n) is 2.52. The minimum absolute atomic E-state index is 0.369. The lowest BCUT2D eigenvalue weighted by Crippen LogP contribution is -2.23. The van der Waals surface area contributed by atoms with Crippen LogP contribution in [0, 0.1) is 0 Å². The van der Waals surface area contributed by atoms with Gasteiger partial charge in [-0.3, -0.25) is 4.98 Å². The summed E-state index contributed by atoms with van der Waals surface area (Å²) in [6.45, 7) is 2.98. The second-order valence-electron chi connectivity index (χ2n) is 4.60. The van der Waals surface area contributed by atoms with Gasteiger partial charge in [-0.15, -0.1) is 5.10 Å². The highest BCUT2D eigenvalue weighted by atomic mass is 15.4. The van der Waals surface area contributed by atoms with Gasteiger partial charge in [0.15, 0.2) is 0 Å². The van der Waals surface area contributed by atoms with Gasteiger partial charge in [-0.1, -0.05) is 13.0 Å². The molecule has 2 aromatic heterocycles. The Morgan fingerprint density at radius 1 is 1.41 bits per heavy atom. The molecule has 2 unspecified atom stereocenters. The van der Waals surface area contributed by atoms with Crippen LogP contribution in [-0.4, -0.2) is 19.7 Å². The van der Waals surface area contributed by atoms with E-state index in [0.717, 1.165) is 24.5 Å². The van der Waals surface area contributed by atoms with Crippen molar-refractivity contribution >= 4 is 5.95 Å². The minimum atomic E-state index is 0.369. The largest absolute Gasteiger partial charge is 0.366 e. The number of anilines is 1. The van der Waals surface area contributed by atoms with Crippen molar-refractivity contribution in [2.24, 2.45) is 0 Å². The SMILES string of the molecule is CC1CC(c2ccccn2)Cn2nc(N)nc21. The molecule has 1 aliphatic heterocycles. The van der Waals surface area contributed by atoms with Crippen molar-refractivity contribution in [1.29, 1.82) is 0 Å². The van der Waals surface area contributed by atoms with E-state index in [-0.39, 0.29) is 0 Å². The van der Waals surface area contributed by atoms with Gasteiger partial charge in [-0.25, -0.2) is 4.68 Å². The van der Waals surface area contributed by atoms with Gasteiger partial charge >= 0.3 is 0 Å². The van der Waals surface area contributed by atoms with Crippen molar-refractivity contribution in [3.05, 3.63) is 35.9 Å². The van der Waals surface area contributed by atoms with E-state index in [1.807, 2.05) is 23.0 Å². The van der Waals surface area contributed by atoms with Crippen LogP contribution in [0.15, 0.2) is 24.4 Å². The van der Waals surface area contributed by atoms with E-state index in [0.29, 0.717) is 17.8 Å². The Balaban J connectivity index is 1.93. The van der Waals surface area contributed by atoms with Gasteiger partial charge < -0.3 is 5.73 Å². The van der Waals surface area contributed by atoms with Crippen molar-refractivity contribution in [2.75, 3.05) is 5.73 Å². The van der Waals surface area contributed by atoms with E-state index in [9.17, 15) is 0 Å². The average Bonchev–Trinajstić information content (AvgIpc) is 2.71. The fraction of sp³-hybridized carbons (Fsp3) is 0.417. The summed E-state index contributed by atoms with van der Waals surface area (Å²) in [4.78, 5) is 8.69. The summed E-state index contributed by atoms with van der Waals surface area (Å²) < 4.78 is 1.92. The third kappa shape index (κ3) is 1.77. The first-order valence-corrected chi connectivity index (χ1v) is 5.85. The lowest BCUT2D eigenvalue weighted by molar-refractivity contribution is 0.377. The van der Waals surface area contributed by atoms with Crippen LogP contribution < -0.4 is 5.73 Å². The number of hydrogen-bond acceptors (Lipinski definition) is 4. The van der Waals surface area contributed by atoms with Crippen molar-refractivity contribution in [3.8, 4) is 0 Å². The predicted molar refractivity (Wildman–Crippen MR) is 64.4 cm³/mol. The number of aromatic nitrogens is 4. The van der Waals surface area contributed by atoms with Gasteiger partial charge in [0.05, 0.1) is 6.54 Å². The molecule has 0 bridgehead atoms. The molecule has 17 heavy (non-hydrogen) atoms. The molecule has 0 saturated heterocycles. The van der Waals surface area contributed by atoms with E-state index in [2.05, 4.69) is 28.1 Å². The Morgan fingerprint density at radius 2 is 2.29 bits per heavy atom. The molecule has 3 heterocycles. The Morgan fingerprint density at radius 3 is 3.06 bits per heavy atom. The van der Waals surface area contributed by atoms with Crippen molar-refractivity contribution < 1.29 is 0 Å². The number of rotatable bonds is 1. The smallest absolute Gasteiger partial charge is 0.239 e. The molecule has 0 amide bonds. The van der Waals surface area contributed by atoms with Gasteiger partial charge in [0.25, 0.3) is 0 Å². The van der Waals surface area contributed by atoms with E-state index >= 15 is 0 Å². The zero-order chi connectivity index (χ0) is 11.8. The Kier molecular flexibility index (Phi) is 2.31. The van der Waals surface area contributed by atoms with Gasteiger partial charge in [-0.2, -0.15) is 4.98 Å². The molecule has 1 aliphatic rings. The molecule has 0 aliphatic carbocycles. The van der Waals surface area contributed by atoms with Crippen LogP contribution in [0.2, 0.25) is 0 Å². The van der Waals surface area contributed by atoms with Crippen LogP contribution in [0.1, 0.15) is 36.7 Å². The predicted octanol–water partition coefficient (Wildman–Crippen LogP) is 1.55. The summed E-state index contributed by atoms with van der Waals surface area (Å²) in [5, 5.41) is 4.23. The molecule has 3 rings (SSSR count). The average molecular weight is 229 g/mol. The fourth-order valence-corrected chi connectivity index (χ4v) is 2.52. The van der Waals surface area contributed by atoms with Crippen molar-refractivity contribution in [2.45, 2.75) is 31.7 Å². The van der Waals surface area contributed by atoms with E-state index in [1.165, 1.54) is 0 Å². The normalized spacial score (nSPS) is 23.4. The summed E-state index contributed by atoms with van der Waals surface area (Å²) in [5.74, 6) is 2.14. The van der Waals surface area contributed by atoms with Gasteiger partial charge in [0.2, 0.25) is 5.95 Å². The van der Waals surface area contributed by atoms with Gasteiger partial charge in [0, 0.05) is 23.7 Å². The van der Waals surface area contributed by atoms with Crippen LogP contribution in [-0.2, 0) is 6.54 Å². The number of fused-ring (bicyclic) bond motifs is 1. The number of nitrogens with zero attached hydrogens (tertiary/aromatic N) is 4. The summed E-state index contributed by atoms with van der Waals surface area (Å²) in [6.07, 6.45) is 2.89. The minimum Gasteiger partial charge on any atom is -0.366 e. The first-order chi connectivity index (χ1) is 8.24. The molecular formula is C12H15N5. The van der Waals surface area contributed by atoms with Crippen molar-refractivity contribution in [3.63, 3.8) is 0 Å². The van der Waals surface area contributed by atoms with Crippen molar-refractivity contribution in [1.82, 2.24) is 19.7 Å². The van der Waals surface area contributed by atoms with Crippen LogP contribution >= 0.6 is 0 Å². The number of nitrogens with two attached hydrogens (primary N) is 1.